The minimum absolute atomic E-state index is 0.0556. The molecule has 1 nitrogen and oxygen atoms in total. The van der Waals surface area contributed by atoms with Crippen LogP contribution < -0.4 is 4.74 Å². The Hall–Kier alpha value is -1.76. The van der Waals surface area contributed by atoms with Crippen LogP contribution in [0.5, 0.6) is 5.75 Å². The van der Waals surface area contributed by atoms with Crippen molar-refractivity contribution in [2.45, 2.75) is 66.9 Å². The summed E-state index contributed by atoms with van der Waals surface area (Å²) < 4.78 is 6.12. The molecular weight excluding hydrogens is 304 g/mol. The van der Waals surface area contributed by atoms with Crippen molar-refractivity contribution in [1.82, 2.24) is 0 Å². The van der Waals surface area contributed by atoms with E-state index in [0.717, 1.165) is 5.75 Å². The van der Waals surface area contributed by atoms with E-state index in [1.54, 1.807) is 0 Å². The highest BCUT2D eigenvalue weighted by atomic mass is 16.5. The van der Waals surface area contributed by atoms with Gasteiger partial charge in [-0.25, -0.2) is 0 Å². The maximum Gasteiger partial charge on any atom is 0.121 e. The van der Waals surface area contributed by atoms with E-state index >= 15 is 0 Å². The fourth-order valence-electron chi connectivity index (χ4n) is 3.31. The van der Waals surface area contributed by atoms with Crippen molar-refractivity contribution in [2.24, 2.45) is 10.8 Å². The predicted octanol–water partition coefficient (Wildman–Crippen LogP) is 7.39. The van der Waals surface area contributed by atoms with Crippen LogP contribution in [0.4, 0.5) is 0 Å². The lowest BCUT2D eigenvalue weighted by Gasteiger charge is -2.36. The van der Waals surface area contributed by atoms with Gasteiger partial charge >= 0.3 is 0 Å². The fraction of sp³-hybridized carbons (Fsp3) is 0.500. The van der Waals surface area contributed by atoms with Crippen molar-refractivity contribution in [3.05, 3.63) is 65.7 Å². The average Bonchev–Trinajstić information content (AvgIpc) is 2.52. The Balaban J connectivity index is 2.14. The average molecular weight is 339 g/mol. The van der Waals surface area contributed by atoms with E-state index < -0.39 is 0 Å². The Kier molecular flexibility index (Phi) is 5.98. The van der Waals surface area contributed by atoms with Gasteiger partial charge in [-0.1, -0.05) is 84.0 Å². The first kappa shape index (κ1) is 19.6. The van der Waals surface area contributed by atoms with Crippen molar-refractivity contribution < 1.29 is 4.74 Å². The Labute approximate surface area is 154 Å². The molecule has 0 fully saturated rings. The smallest absolute Gasteiger partial charge is 0.121 e. The quantitative estimate of drug-likeness (QED) is 0.552. The molecule has 0 saturated heterocycles. The van der Waals surface area contributed by atoms with Crippen molar-refractivity contribution >= 4 is 0 Å². The van der Waals surface area contributed by atoms with Crippen LogP contribution in [0.3, 0.4) is 0 Å². The zero-order valence-corrected chi connectivity index (χ0v) is 17.0. The Morgan fingerprint density at radius 1 is 0.760 bits per heavy atom. The zero-order chi connectivity index (χ0) is 18.7. The lowest BCUT2D eigenvalue weighted by atomic mass is 9.69. The third-order valence-electron chi connectivity index (χ3n) is 4.73. The summed E-state index contributed by atoms with van der Waals surface area (Å²) >= 11 is 0. The maximum absolute atomic E-state index is 6.12. The van der Waals surface area contributed by atoms with Gasteiger partial charge < -0.3 is 4.74 Å². The Morgan fingerprint density at radius 3 is 1.80 bits per heavy atom. The first-order valence-corrected chi connectivity index (χ1v) is 9.38. The highest BCUT2D eigenvalue weighted by Crippen LogP contribution is 2.43. The summed E-state index contributed by atoms with van der Waals surface area (Å²) in [5, 5.41) is 0. The number of hydrogen-bond donors (Lipinski definition) is 0. The van der Waals surface area contributed by atoms with E-state index in [1.165, 1.54) is 17.5 Å². The molecule has 0 bridgehead atoms. The van der Waals surface area contributed by atoms with Crippen LogP contribution in [0.2, 0.25) is 0 Å². The number of ether oxygens (including phenoxy) is 1. The number of hydrogen-bond acceptors (Lipinski definition) is 1. The van der Waals surface area contributed by atoms with Crippen LogP contribution in [0, 0.1) is 10.8 Å². The second-order valence-electron chi connectivity index (χ2n) is 9.42. The monoisotopic (exact) mass is 338 g/mol. The van der Waals surface area contributed by atoms with E-state index in [9.17, 15) is 0 Å². The molecule has 0 aromatic heterocycles. The molecular formula is C24H34O. The molecule has 0 spiro atoms. The summed E-state index contributed by atoms with van der Waals surface area (Å²) in [7, 11) is 0. The predicted molar refractivity (Wildman–Crippen MR) is 108 cm³/mol. The van der Waals surface area contributed by atoms with Gasteiger partial charge in [0.1, 0.15) is 11.9 Å². The van der Waals surface area contributed by atoms with Gasteiger partial charge in [-0.15, -0.1) is 0 Å². The molecule has 2 unspecified atom stereocenters. The largest absolute Gasteiger partial charge is 0.486 e. The van der Waals surface area contributed by atoms with Crippen molar-refractivity contribution in [2.75, 3.05) is 0 Å². The lowest BCUT2D eigenvalue weighted by molar-refractivity contribution is 0.223. The summed E-state index contributed by atoms with van der Waals surface area (Å²) in [5.41, 5.74) is 3.16. The van der Waals surface area contributed by atoms with Gasteiger partial charge in [-0.2, -0.15) is 0 Å². The third kappa shape index (κ3) is 5.92. The summed E-state index contributed by atoms with van der Waals surface area (Å²) in [6.07, 6.45) is 1.23. The maximum atomic E-state index is 6.12. The second kappa shape index (κ2) is 7.64. The van der Waals surface area contributed by atoms with Crippen molar-refractivity contribution in [3.8, 4) is 5.75 Å². The van der Waals surface area contributed by atoms with Gasteiger partial charge in [0.05, 0.1) is 0 Å². The summed E-state index contributed by atoms with van der Waals surface area (Å²) in [6.45, 7) is 16.1. The van der Waals surface area contributed by atoms with E-state index in [0.29, 0.717) is 11.3 Å². The normalized spacial score (nSPS) is 14.8. The van der Waals surface area contributed by atoms with Gasteiger partial charge in [0.15, 0.2) is 0 Å². The van der Waals surface area contributed by atoms with E-state index in [4.69, 9.17) is 4.74 Å². The summed E-state index contributed by atoms with van der Waals surface area (Å²) in [5.74, 6) is 1.47. The van der Waals surface area contributed by atoms with Gasteiger partial charge in [0, 0.05) is 0 Å². The second-order valence-corrected chi connectivity index (χ2v) is 9.42. The van der Waals surface area contributed by atoms with E-state index in [-0.39, 0.29) is 11.5 Å². The molecule has 0 aliphatic heterocycles. The molecule has 1 heteroatoms. The molecule has 0 aliphatic rings. The SMILES string of the molecule is CC(Oc1ccc(C(CC(C)(C)C)C(C)(C)C)cc1)c1ccccc1. The van der Waals surface area contributed by atoms with Gasteiger partial charge in [-0.05, 0) is 53.4 Å². The number of rotatable bonds is 5. The molecule has 0 N–H and O–H groups in total. The van der Waals surface area contributed by atoms with Crippen LogP contribution in [0.25, 0.3) is 0 Å². The molecule has 2 aromatic rings. The first-order valence-electron chi connectivity index (χ1n) is 9.38. The molecule has 0 radical (unpaired) electrons. The van der Waals surface area contributed by atoms with Gasteiger partial charge in [-0.3, -0.25) is 0 Å². The summed E-state index contributed by atoms with van der Waals surface area (Å²) in [6, 6.07) is 19.1. The highest BCUT2D eigenvalue weighted by molar-refractivity contribution is 5.31. The molecule has 2 rings (SSSR count). The molecule has 0 saturated carbocycles. The van der Waals surface area contributed by atoms with Gasteiger partial charge in [0.2, 0.25) is 0 Å². The van der Waals surface area contributed by atoms with Gasteiger partial charge in [0.25, 0.3) is 0 Å². The van der Waals surface area contributed by atoms with Crippen molar-refractivity contribution in [3.63, 3.8) is 0 Å². The van der Waals surface area contributed by atoms with Crippen LogP contribution in [0.15, 0.2) is 54.6 Å². The number of benzene rings is 2. The molecule has 0 amide bonds. The van der Waals surface area contributed by atoms with E-state index in [1.807, 2.05) is 6.07 Å². The van der Waals surface area contributed by atoms with E-state index in [2.05, 4.69) is 97.0 Å². The standard InChI is InChI=1S/C24H34O/c1-18(19-11-9-8-10-12-19)25-21-15-13-20(14-16-21)22(24(5,6)7)17-23(2,3)4/h8-16,18,22H,17H2,1-7H3. The zero-order valence-electron chi connectivity index (χ0n) is 17.0. The first-order chi connectivity index (χ1) is 11.6. The van der Waals surface area contributed by atoms with Crippen molar-refractivity contribution in [1.29, 1.82) is 0 Å². The minimum atomic E-state index is 0.0556. The minimum Gasteiger partial charge on any atom is -0.486 e. The topological polar surface area (TPSA) is 9.23 Å². The molecule has 136 valence electrons. The summed E-state index contributed by atoms with van der Waals surface area (Å²) in [4.78, 5) is 0. The van der Waals surface area contributed by atoms with Crippen LogP contribution in [-0.4, -0.2) is 0 Å². The van der Waals surface area contributed by atoms with Crippen LogP contribution >= 0.6 is 0 Å². The Morgan fingerprint density at radius 2 is 1.32 bits per heavy atom. The molecule has 0 heterocycles. The highest BCUT2D eigenvalue weighted by Gasteiger charge is 2.30. The lowest BCUT2D eigenvalue weighted by Crippen LogP contribution is -2.23. The third-order valence-corrected chi connectivity index (χ3v) is 4.73. The molecule has 2 atom stereocenters. The Bertz CT molecular complexity index is 641. The fourth-order valence-corrected chi connectivity index (χ4v) is 3.31. The molecule has 2 aromatic carbocycles. The van der Waals surface area contributed by atoms with Crippen LogP contribution in [-0.2, 0) is 0 Å². The molecule has 0 aliphatic carbocycles. The van der Waals surface area contributed by atoms with Crippen LogP contribution in [0.1, 0.15) is 78.0 Å². The molecule has 25 heavy (non-hydrogen) atoms.